The Kier molecular flexibility index (Phi) is 6.63. The predicted molar refractivity (Wildman–Crippen MR) is 128 cm³/mol. The molecule has 0 spiro atoms. The fraction of sp³-hybridized carbons (Fsp3) is 0.520. The van der Waals surface area contributed by atoms with E-state index in [4.69, 9.17) is 4.74 Å². The van der Waals surface area contributed by atoms with E-state index < -0.39 is 17.4 Å². The second-order valence-corrected chi connectivity index (χ2v) is 9.60. The van der Waals surface area contributed by atoms with E-state index in [1.807, 2.05) is 43.3 Å². The summed E-state index contributed by atoms with van der Waals surface area (Å²) in [6.07, 6.45) is 6.71. The minimum absolute atomic E-state index is 0.0322. The van der Waals surface area contributed by atoms with E-state index >= 15 is 0 Å². The lowest BCUT2D eigenvalue weighted by Crippen LogP contribution is -2.64. The number of fused-ring (bicyclic) bond motifs is 1. The number of anilines is 1. The fourth-order valence-corrected chi connectivity index (χ4v) is 4.85. The molecule has 4 rings (SSSR count). The van der Waals surface area contributed by atoms with Gasteiger partial charge in [-0.1, -0.05) is 31.4 Å². The Labute approximate surface area is 200 Å². The molecule has 1 fully saturated rings. The number of amides is 2. The monoisotopic (exact) mass is 467 g/mol. The van der Waals surface area contributed by atoms with Crippen molar-refractivity contribution in [3.8, 4) is 0 Å². The molecule has 2 heterocycles. The van der Waals surface area contributed by atoms with E-state index in [0.29, 0.717) is 0 Å². The SMILES string of the molecule is COC(=O)c1ncn2c1C(=O)N(Cc1ccc(N(C)C)cc1)C(C)(C(=O)NC1CCCCC1)C2. The second kappa shape index (κ2) is 9.48. The number of carbonyl (C=O) groups excluding carboxylic acids is 3. The van der Waals surface area contributed by atoms with Crippen LogP contribution in [0.3, 0.4) is 0 Å². The summed E-state index contributed by atoms with van der Waals surface area (Å²) in [4.78, 5) is 47.4. The van der Waals surface area contributed by atoms with Gasteiger partial charge in [0, 0.05) is 32.4 Å². The molecule has 1 aromatic heterocycles. The molecule has 2 amide bonds. The Balaban J connectivity index is 1.69. The van der Waals surface area contributed by atoms with Gasteiger partial charge < -0.3 is 24.4 Å². The van der Waals surface area contributed by atoms with E-state index in [1.54, 1.807) is 16.4 Å². The van der Waals surface area contributed by atoms with Gasteiger partial charge >= 0.3 is 5.97 Å². The molecule has 1 saturated carbocycles. The van der Waals surface area contributed by atoms with Crippen molar-refractivity contribution in [3.05, 3.63) is 47.5 Å². The van der Waals surface area contributed by atoms with Crippen molar-refractivity contribution >= 4 is 23.5 Å². The van der Waals surface area contributed by atoms with Crippen LogP contribution in [-0.2, 0) is 22.6 Å². The zero-order chi connectivity index (χ0) is 24.5. The standard InChI is InChI=1S/C25H33N5O4/c1-25(24(33)27-18-8-6-5-7-9-18)15-29-16-26-20(23(32)34-4)21(29)22(31)30(25)14-17-10-12-19(13-11-17)28(2)3/h10-13,16,18H,5-9,14-15H2,1-4H3,(H,27,33). The van der Waals surface area contributed by atoms with Crippen LogP contribution >= 0.6 is 0 Å². The quantitative estimate of drug-likeness (QED) is 0.656. The molecule has 1 N–H and O–H groups in total. The number of hydrogen-bond donors (Lipinski definition) is 1. The Morgan fingerprint density at radius 3 is 2.47 bits per heavy atom. The van der Waals surface area contributed by atoms with Crippen LogP contribution in [0.25, 0.3) is 0 Å². The Morgan fingerprint density at radius 1 is 1.18 bits per heavy atom. The molecule has 1 aromatic carbocycles. The molecule has 1 atom stereocenters. The third-order valence-electron chi connectivity index (χ3n) is 6.96. The largest absolute Gasteiger partial charge is 0.464 e. The smallest absolute Gasteiger partial charge is 0.359 e. The van der Waals surface area contributed by atoms with Crippen molar-refractivity contribution in [1.82, 2.24) is 19.8 Å². The molecule has 34 heavy (non-hydrogen) atoms. The highest BCUT2D eigenvalue weighted by molar-refractivity contribution is 6.06. The fourth-order valence-electron chi connectivity index (χ4n) is 4.85. The highest BCUT2D eigenvalue weighted by Gasteiger charge is 2.49. The maximum atomic E-state index is 13.8. The molecule has 0 saturated heterocycles. The first-order chi connectivity index (χ1) is 16.2. The lowest BCUT2D eigenvalue weighted by molar-refractivity contribution is -0.134. The summed E-state index contributed by atoms with van der Waals surface area (Å²) < 4.78 is 6.43. The number of ether oxygens (including phenoxy) is 1. The van der Waals surface area contributed by atoms with Crippen LogP contribution in [0.15, 0.2) is 30.6 Å². The summed E-state index contributed by atoms with van der Waals surface area (Å²) in [6.45, 7) is 2.22. The Bertz CT molecular complexity index is 1070. The number of esters is 1. The van der Waals surface area contributed by atoms with Gasteiger partial charge in [-0.15, -0.1) is 0 Å². The van der Waals surface area contributed by atoms with Crippen molar-refractivity contribution < 1.29 is 19.1 Å². The molecule has 182 valence electrons. The third kappa shape index (κ3) is 4.38. The number of imidazole rings is 1. The highest BCUT2D eigenvalue weighted by atomic mass is 16.5. The van der Waals surface area contributed by atoms with Crippen LogP contribution in [0, 0.1) is 0 Å². The van der Waals surface area contributed by atoms with E-state index in [1.165, 1.54) is 19.9 Å². The molecular formula is C25H33N5O4. The number of aromatic nitrogens is 2. The zero-order valence-corrected chi connectivity index (χ0v) is 20.3. The lowest BCUT2D eigenvalue weighted by Gasteiger charge is -2.44. The third-order valence-corrected chi connectivity index (χ3v) is 6.96. The molecule has 9 heteroatoms. The summed E-state index contributed by atoms with van der Waals surface area (Å²) in [7, 11) is 5.18. The second-order valence-electron chi connectivity index (χ2n) is 9.60. The number of rotatable bonds is 6. The minimum atomic E-state index is -1.14. The summed E-state index contributed by atoms with van der Waals surface area (Å²) >= 11 is 0. The molecule has 1 aliphatic carbocycles. The van der Waals surface area contributed by atoms with E-state index in [-0.39, 0.29) is 36.4 Å². The van der Waals surface area contributed by atoms with Gasteiger partial charge in [-0.25, -0.2) is 9.78 Å². The Hall–Kier alpha value is -3.36. The molecule has 9 nitrogen and oxygen atoms in total. The van der Waals surface area contributed by atoms with Gasteiger partial charge in [0.05, 0.1) is 20.0 Å². The van der Waals surface area contributed by atoms with E-state index in [9.17, 15) is 14.4 Å². The number of methoxy groups -OCH3 is 1. The number of nitrogens with zero attached hydrogens (tertiary/aromatic N) is 4. The van der Waals surface area contributed by atoms with Crippen LogP contribution in [0.2, 0.25) is 0 Å². The molecule has 0 bridgehead atoms. The maximum Gasteiger partial charge on any atom is 0.359 e. The summed E-state index contributed by atoms with van der Waals surface area (Å²) in [5.74, 6) is -1.27. The number of carbonyl (C=O) groups is 3. The molecular weight excluding hydrogens is 434 g/mol. The summed E-state index contributed by atoms with van der Waals surface area (Å²) in [5, 5.41) is 3.20. The highest BCUT2D eigenvalue weighted by Crippen LogP contribution is 2.32. The van der Waals surface area contributed by atoms with Crippen molar-refractivity contribution in [1.29, 1.82) is 0 Å². The van der Waals surface area contributed by atoms with Crippen LogP contribution in [0.1, 0.15) is 65.6 Å². The molecule has 2 aliphatic rings. The average molecular weight is 468 g/mol. The number of benzene rings is 1. The molecule has 1 unspecified atom stereocenters. The first kappa shape index (κ1) is 23.8. The van der Waals surface area contributed by atoms with Gasteiger partial charge in [0.15, 0.2) is 5.69 Å². The van der Waals surface area contributed by atoms with Gasteiger partial charge in [-0.2, -0.15) is 0 Å². The predicted octanol–water partition coefficient (Wildman–Crippen LogP) is 2.60. The number of nitrogens with one attached hydrogen (secondary N) is 1. The first-order valence-corrected chi connectivity index (χ1v) is 11.8. The molecule has 2 aromatic rings. The maximum absolute atomic E-state index is 13.8. The van der Waals surface area contributed by atoms with Crippen LogP contribution < -0.4 is 10.2 Å². The van der Waals surface area contributed by atoms with Gasteiger partial charge in [-0.05, 0) is 37.5 Å². The van der Waals surface area contributed by atoms with Gasteiger partial charge in [0.1, 0.15) is 11.2 Å². The normalized spacial score (nSPS) is 20.6. The first-order valence-electron chi connectivity index (χ1n) is 11.8. The van der Waals surface area contributed by atoms with E-state index in [0.717, 1.165) is 36.9 Å². The summed E-state index contributed by atoms with van der Waals surface area (Å²) in [6, 6.07) is 7.98. The van der Waals surface area contributed by atoms with Gasteiger partial charge in [-0.3, -0.25) is 9.59 Å². The van der Waals surface area contributed by atoms with Crippen molar-refractivity contribution in [2.45, 2.75) is 63.7 Å². The summed E-state index contributed by atoms with van der Waals surface area (Å²) in [5.41, 5.74) is 0.909. The van der Waals surface area contributed by atoms with Crippen molar-refractivity contribution in [2.75, 3.05) is 26.1 Å². The molecule has 1 aliphatic heterocycles. The zero-order valence-electron chi connectivity index (χ0n) is 20.3. The average Bonchev–Trinajstić information content (AvgIpc) is 3.25. The molecule has 0 radical (unpaired) electrons. The van der Waals surface area contributed by atoms with Crippen LogP contribution in [0.4, 0.5) is 5.69 Å². The lowest BCUT2D eigenvalue weighted by atomic mass is 9.91. The van der Waals surface area contributed by atoms with Crippen molar-refractivity contribution in [2.24, 2.45) is 0 Å². The van der Waals surface area contributed by atoms with Crippen LogP contribution in [-0.4, -0.2) is 65.0 Å². The van der Waals surface area contributed by atoms with E-state index in [2.05, 4.69) is 10.3 Å². The van der Waals surface area contributed by atoms with Crippen molar-refractivity contribution in [3.63, 3.8) is 0 Å². The topological polar surface area (TPSA) is 96.8 Å². The van der Waals surface area contributed by atoms with Gasteiger partial charge in [0.2, 0.25) is 5.91 Å². The van der Waals surface area contributed by atoms with Gasteiger partial charge in [0.25, 0.3) is 5.91 Å². The Morgan fingerprint density at radius 2 is 1.85 bits per heavy atom. The number of hydrogen-bond acceptors (Lipinski definition) is 6. The minimum Gasteiger partial charge on any atom is -0.464 e. The van der Waals surface area contributed by atoms with Crippen LogP contribution in [0.5, 0.6) is 0 Å².